The molecule has 0 spiro atoms. The fourth-order valence-corrected chi connectivity index (χ4v) is 2.29. The maximum atomic E-state index is 12.2. The van der Waals surface area contributed by atoms with Crippen molar-refractivity contribution in [3.8, 4) is 12.1 Å². The Balaban J connectivity index is 1.74. The van der Waals surface area contributed by atoms with Crippen molar-refractivity contribution in [2.24, 2.45) is 0 Å². The van der Waals surface area contributed by atoms with Crippen LogP contribution >= 0.6 is 0 Å². The number of benzene rings is 1. The van der Waals surface area contributed by atoms with Crippen LogP contribution in [0.3, 0.4) is 0 Å². The molecule has 2 aromatic rings. The summed E-state index contributed by atoms with van der Waals surface area (Å²) in [6.45, 7) is -0.503. The van der Waals surface area contributed by atoms with Crippen LogP contribution < -0.4 is 5.32 Å². The molecule has 9 nitrogen and oxygen atoms in total. The van der Waals surface area contributed by atoms with Gasteiger partial charge in [-0.15, -0.1) is 0 Å². The number of nitrogens with one attached hydrogen (secondary N) is 2. The second-order valence-electron chi connectivity index (χ2n) is 4.82. The minimum Gasteiger partial charge on any atom is -0.314 e. The highest BCUT2D eigenvalue weighted by molar-refractivity contribution is 6.22. The molecule has 1 aromatic carbocycles. The second-order valence-corrected chi connectivity index (χ2v) is 4.82. The molecular formula is C15H8N6O3. The number of amides is 3. The maximum Gasteiger partial charge on any atom is 0.262 e. The topological polar surface area (TPSA) is 143 Å². The molecule has 2 heterocycles. The summed E-state index contributed by atoms with van der Waals surface area (Å²) in [5, 5.41) is 19.9. The van der Waals surface area contributed by atoms with Crippen LogP contribution in [-0.2, 0) is 4.79 Å². The smallest absolute Gasteiger partial charge is 0.262 e. The first-order valence-corrected chi connectivity index (χ1v) is 6.70. The van der Waals surface area contributed by atoms with Crippen LogP contribution in [0.1, 0.15) is 32.1 Å². The summed E-state index contributed by atoms with van der Waals surface area (Å²) in [4.78, 5) is 43.4. The summed E-state index contributed by atoms with van der Waals surface area (Å²) in [7, 11) is 0. The molecule has 0 saturated carbocycles. The quantitative estimate of drug-likeness (QED) is 0.783. The Labute approximate surface area is 135 Å². The van der Waals surface area contributed by atoms with Gasteiger partial charge in [0.15, 0.2) is 11.4 Å². The Bertz CT molecular complexity index is 896. The van der Waals surface area contributed by atoms with Crippen LogP contribution in [0.2, 0.25) is 0 Å². The van der Waals surface area contributed by atoms with Crippen LogP contribution in [0.15, 0.2) is 24.3 Å². The number of nitrogens with zero attached hydrogens (tertiary/aromatic N) is 4. The van der Waals surface area contributed by atoms with E-state index in [2.05, 4.69) is 15.3 Å². The number of fused-ring (bicyclic) bond motifs is 1. The van der Waals surface area contributed by atoms with Gasteiger partial charge >= 0.3 is 0 Å². The number of hydrogen-bond donors (Lipinski definition) is 2. The van der Waals surface area contributed by atoms with E-state index in [0.717, 1.165) is 4.90 Å². The lowest BCUT2D eigenvalue weighted by molar-refractivity contribution is -0.116. The van der Waals surface area contributed by atoms with Gasteiger partial charge in [0.1, 0.15) is 18.7 Å². The van der Waals surface area contributed by atoms with Gasteiger partial charge < -0.3 is 4.98 Å². The SMILES string of the molecule is N#Cc1nc(NC(=O)CN2C(=O)c3ccccc3C2=O)[nH]c1C#N. The van der Waals surface area contributed by atoms with Crippen molar-refractivity contribution in [2.45, 2.75) is 0 Å². The molecule has 116 valence electrons. The highest BCUT2D eigenvalue weighted by Gasteiger charge is 2.36. The zero-order valence-corrected chi connectivity index (χ0v) is 12.0. The third-order valence-corrected chi connectivity index (χ3v) is 3.36. The molecule has 0 bridgehead atoms. The molecule has 3 rings (SSSR count). The minimum atomic E-state index is -0.688. The predicted octanol–water partition coefficient (Wildman–Crippen LogP) is 0.388. The minimum absolute atomic E-state index is 0.0893. The van der Waals surface area contributed by atoms with Crippen LogP contribution in [0.4, 0.5) is 5.95 Å². The van der Waals surface area contributed by atoms with Gasteiger partial charge in [-0.3, -0.25) is 24.6 Å². The van der Waals surface area contributed by atoms with Crippen molar-refractivity contribution < 1.29 is 14.4 Å². The number of carbonyl (C=O) groups is 3. The number of anilines is 1. The van der Waals surface area contributed by atoms with Gasteiger partial charge in [-0.1, -0.05) is 12.1 Å². The summed E-state index contributed by atoms with van der Waals surface area (Å²) in [5.41, 5.74) is 0.237. The number of carbonyl (C=O) groups excluding carboxylic acids is 3. The second kappa shape index (κ2) is 5.66. The molecular weight excluding hydrogens is 312 g/mol. The van der Waals surface area contributed by atoms with Crippen LogP contribution in [-0.4, -0.2) is 39.1 Å². The Morgan fingerprint density at radius 2 is 1.79 bits per heavy atom. The molecule has 1 aliphatic heterocycles. The number of aromatic nitrogens is 2. The number of imide groups is 1. The molecule has 9 heteroatoms. The molecule has 24 heavy (non-hydrogen) atoms. The van der Waals surface area contributed by atoms with Gasteiger partial charge in [-0.25, -0.2) is 4.98 Å². The Morgan fingerprint density at radius 3 is 2.29 bits per heavy atom. The van der Waals surface area contributed by atoms with Crippen molar-refractivity contribution in [1.29, 1.82) is 10.5 Å². The lowest BCUT2D eigenvalue weighted by Crippen LogP contribution is -2.37. The molecule has 0 radical (unpaired) electrons. The molecule has 1 aliphatic rings. The highest BCUT2D eigenvalue weighted by Crippen LogP contribution is 2.22. The number of nitriles is 2. The zero-order valence-electron chi connectivity index (χ0n) is 12.0. The summed E-state index contributed by atoms with van der Waals surface area (Å²) in [6.07, 6.45) is 0. The van der Waals surface area contributed by atoms with Crippen LogP contribution in [0.5, 0.6) is 0 Å². The van der Waals surface area contributed by atoms with Gasteiger partial charge in [0, 0.05) is 0 Å². The number of imidazole rings is 1. The van der Waals surface area contributed by atoms with E-state index in [-0.39, 0.29) is 28.5 Å². The predicted molar refractivity (Wildman–Crippen MR) is 78.5 cm³/mol. The van der Waals surface area contributed by atoms with E-state index in [4.69, 9.17) is 10.5 Å². The fraction of sp³-hybridized carbons (Fsp3) is 0.0667. The monoisotopic (exact) mass is 320 g/mol. The van der Waals surface area contributed by atoms with Gasteiger partial charge in [0.25, 0.3) is 11.8 Å². The molecule has 0 atom stereocenters. The summed E-state index contributed by atoms with van der Waals surface area (Å²) < 4.78 is 0. The molecule has 0 fully saturated rings. The van der Waals surface area contributed by atoms with Gasteiger partial charge in [-0.05, 0) is 12.1 Å². The maximum absolute atomic E-state index is 12.2. The van der Waals surface area contributed by atoms with E-state index in [0.29, 0.717) is 0 Å². The van der Waals surface area contributed by atoms with Gasteiger partial charge in [-0.2, -0.15) is 10.5 Å². The number of hydrogen-bond acceptors (Lipinski definition) is 6. The highest BCUT2D eigenvalue weighted by atomic mass is 16.2. The summed E-state index contributed by atoms with van der Waals surface area (Å²) >= 11 is 0. The normalized spacial score (nSPS) is 12.5. The number of rotatable bonds is 3. The van der Waals surface area contributed by atoms with Crippen molar-refractivity contribution in [3.63, 3.8) is 0 Å². The van der Waals surface area contributed by atoms with E-state index in [1.807, 2.05) is 0 Å². The standard InChI is InChI=1S/C15H8N6O3/c16-5-10-11(6-17)19-15(18-10)20-12(22)7-21-13(23)8-3-1-2-4-9(8)14(21)24/h1-4H,7H2,(H2,18,19,20,22). The first-order valence-electron chi connectivity index (χ1n) is 6.70. The molecule has 0 unspecified atom stereocenters. The van der Waals surface area contributed by atoms with Crippen LogP contribution in [0, 0.1) is 22.7 Å². The zero-order chi connectivity index (χ0) is 17.3. The van der Waals surface area contributed by atoms with Crippen molar-refractivity contribution >= 4 is 23.7 Å². The summed E-state index contributed by atoms with van der Waals surface area (Å²) in [6, 6.07) is 9.71. The molecule has 0 saturated heterocycles. The Kier molecular flexibility index (Phi) is 3.53. The first-order chi connectivity index (χ1) is 11.5. The molecule has 0 aliphatic carbocycles. The third kappa shape index (κ3) is 2.36. The molecule has 2 N–H and O–H groups in total. The Hall–Kier alpha value is -3.98. The van der Waals surface area contributed by atoms with E-state index in [1.54, 1.807) is 24.3 Å². The lowest BCUT2D eigenvalue weighted by Gasteiger charge is -2.12. The fourth-order valence-electron chi connectivity index (χ4n) is 2.29. The Morgan fingerprint density at radius 1 is 1.17 bits per heavy atom. The van der Waals surface area contributed by atoms with Crippen molar-refractivity contribution in [1.82, 2.24) is 14.9 Å². The average Bonchev–Trinajstić information content (AvgIpc) is 3.09. The van der Waals surface area contributed by atoms with Crippen molar-refractivity contribution in [2.75, 3.05) is 11.9 Å². The van der Waals surface area contributed by atoms with Crippen molar-refractivity contribution in [3.05, 3.63) is 46.8 Å². The van der Waals surface area contributed by atoms with E-state index >= 15 is 0 Å². The third-order valence-electron chi connectivity index (χ3n) is 3.36. The average molecular weight is 320 g/mol. The molecule has 3 amide bonds. The van der Waals surface area contributed by atoms with Gasteiger partial charge in [0.05, 0.1) is 11.1 Å². The van der Waals surface area contributed by atoms with Gasteiger partial charge in [0.2, 0.25) is 11.9 Å². The summed E-state index contributed by atoms with van der Waals surface area (Å²) in [5.74, 6) is -1.90. The van der Waals surface area contributed by atoms with E-state index in [1.165, 1.54) is 12.1 Å². The lowest BCUT2D eigenvalue weighted by atomic mass is 10.1. The first kappa shape index (κ1) is 14.9. The number of aromatic amines is 1. The largest absolute Gasteiger partial charge is 0.314 e. The number of H-pyrrole nitrogens is 1. The molecule has 1 aromatic heterocycles. The van der Waals surface area contributed by atoms with E-state index in [9.17, 15) is 14.4 Å². The van der Waals surface area contributed by atoms with E-state index < -0.39 is 24.3 Å². The van der Waals surface area contributed by atoms with Crippen LogP contribution in [0.25, 0.3) is 0 Å².